The third kappa shape index (κ3) is 3.60. The number of benzene rings is 3. The molecule has 0 aliphatic carbocycles. The van der Waals surface area contributed by atoms with E-state index in [1.54, 1.807) is 14.2 Å². The maximum Gasteiger partial charge on any atom is 0.162 e. The van der Waals surface area contributed by atoms with Gasteiger partial charge < -0.3 is 14.8 Å². The van der Waals surface area contributed by atoms with Crippen molar-refractivity contribution in [2.45, 2.75) is 6.54 Å². The lowest BCUT2D eigenvalue weighted by Crippen LogP contribution is -2.06. The van der Waals surface area contributed by atoms with Gasteiger partial charge >= 0.3 is 0 Å². The summed E-state index contributed by atoms with van der Waals surface area (Å²) in [5, 5.41) is 4.43. The zero-order valence-corrected chi connectivity index (χ0v) is 15.8. The third-order valence-electron chi connectivity index (χ3n) is 4.57. The summed E-state index contributed by atoms with van der Waals surface area (Å²) >= 11 is 0. The van der Waals surface area contributed by atoms with Crippen LogP contribution in [0.1, 0.15) is 5.56 Å². The van der Waals surface area contributed by atoms with E-state index in [4.69, 9.17) is 19.4 Å². The molecule has 0 spiro atoms. The van der Waals surface area contributed by atoms with E-state index in [2.05, 4.69) is 5.32 Å². The van der Waals surface area contributed by atoms with E-state index < -0.39 is 0 Å². The molecule has 0 amide bonds. The highest BCUT2D eigenvalue weighted by Gasteiger charge is 2.11. The average molecular weight is 371 g/mol. The van der Waals surface area contributed by atoms with Crippen LogP contribution >= 0.6 is 0 Å². The molecule has 4 aromatic rings. The lowest BCUT2D eigenvalue weighted by molar-refractivity contribution is 0.399. The molecular weight excluding hydrogens is 350 g/mol. The molecule has 0 unspecified atom stereocenters. The van der Waals surface area contributed by atoms with Crippen LogP contribution in [0.25, 0.3) is 22.3 Å². The maximum absolute atomic E-state index is 5.49. The Morgan fingerprint density at radius 1 is 0.821 bits per heavy atom. The van der Waals surface area contributed by atoms with Crippen molar-refractivity contribution in [2.24, 2.45) is 0 Å². The first-order valence-electron chi connectivity index (χ1n) is 9.05. The predicted molar refractivity (Wildman–Crippen MR) is 112 cm³/mol. The second kappa shape index (κ2) is 7.96. The number of nitrogens with one attached hydrogen (secondary N) is 1. The Hall–Kier alpha value is -3.60. The van der Waals surface area contributed by atoms with Crippen molar-refractivity contribution in [3.8, 4) is 22.9 Å². The zero-order valence-electron chi connectivity index (χ0n) is 15.8. The SMILES string of the molecule is COc1ccc(OC)c(CNc2nc(-c3ccccc3)nc3ccccc23)c1. The lowest BCUT2D eigenvalue weighted by Gasteiger charge is -2.14. The minimum Gasteiger partial charge on any atom is -0.497 e. The molecule has 0 radical (unpaired) electrons. The fourth-order valence-electron chi connectivity index (χ4n) is 3.13. The summed E-state index contributed by atoms with van der Waals surface area (Å²) in [4.78, 5) is 9.52. The minimum atomic E-state index is 0.551. The Balaban J connectivity index is 1.72. The highest BCUT2D eigenvalue weighted by atomic mass is 16.5. The number of para-hydroxylation sites is 1. The molecule has 1 N–H and O–H groups in total. The highest BCUT2D eigenvalue weighted by molar-refractivity contribution is 5.90. The molecule has 5 heteroatoms. The topological polar surface area (TPSA) is 56.3 Å². The Kier molecular flexibility index (Phi) is 5.06. The largest absolute Gasteiger partial charge is 0.497 e. The van der Waals surface area contributed by atoms with Gasteiger partial charge in [-0.2, -0.15) is 0 Å². The number of nitrogens with zero attached hydrogens (tertiary/aromatic N) is 2. The molecule has 5 nitrogen and oxygen atoms in total. The summed E-state index contributed by atoms with van der Waals surface area (Å²) in [6.07, 6.45) is 0. The van der Waals surface area contributed by atoms with Crippen LogP contribution in [0.5, 0.6) is 11.5 Å². The number of anilines is 1. The van der Waals surface area contributed by atoms with Gasteiger partial charge in [0.1, 0.15) is 17.3 Å². The summed E-state index contributed by atoms with van der Waals surface area (Å²) < 4.78 is 10.8. The van der Waals surface area contributed by atoms with Crippen LogP contribution in [0.2, 0.25) is 0 Å². The van der Waals surface area contributed by atoms with Gasteiger partial charge in [-0.3, -0.25) is 0 Å². The number of aromatic nitrogens is 2. The molecule has 0 fully saturated rings. The van der Waals surface area contributed by atoms with Gasteiger partial charge in [0.2, 0.25) is 0 Å². The summed E-state index contributed by atoms with van der Waals surface area (Å²) in [5.41, 5.74) is 2.87. The van der Waals surface area contributed by atoms with E-state index in [0.29, 0.717) is 12.4 Å². The van der Waals surface area contributed by atoms with Gasteiger partial charge in [0.25, 0.3) is 0 Å². The number of methoxy groups -OCH3 is 2. The summed E-state index contributed by atoms with van der Waals surface area (Å²) in [5.74, 6) is 3.07. The normalized spacial score (nSPS) is 10.6. The van der Waals surface area contributed by atoms with E-state index in [1.165, 1.54) is 0 Å². The van der Waals surface area contributed by atoms with Crippen LogP contribution in [0.3, 0.4) is 0 Å². The van der Waals surface area contributed by atoms with Crippen LogP contribution in [-0.2, 0) is 6.54 Å². The third-order valence-corrected chi connectivity index (χ3v) is 4.57. The highest BCUT2D eigenvalue weighted by Crippen LogP contribution is 2.28. The second-order valence-corrected chi connectivity index (χ2v) is 6.31. The summed E-state index contributed by atoms with van der Waals surface area (Å²) in [6, 6.07) is 23.7. The van der Waals surface area contributed by atoms with E-state index in [-0.39, 0.29) is 0 Å². The van der Waals surface area contributed by atoms with Crippen LogP contribution < -0.4 is 14.8 Å². The van der Waals surface area contributed by atoms with E-state index >= 15 is 0 Å². The molecule has 0 aliphatic heterocycles. The first-order chi connectivity index (χ1) is 13.8. The van der Waals surface area contributed by atoms with Crippen molar-refractivity contribution >= 4 is 16.7 Å². The number of fused-ring (bicyclic) bond motifs is 1. The molecule has 1 heterocycles. The molecule has 0 saturated carbocycles. The van der Waals surface area contributed by atoms with Gasteiger partial charge in [-0.15, -0.1) is 0 Å². The van der Waals surface area contributed by atoms with Crippen LogP contribution in [0.4, 0.5) is 5.82 Å². The first-order valence-corrected chi connectivity index (χ1v) is 9.05. The zero-order chi connectivity index (χ0) is 19.3. The van der Waals surface area contributed by atoms with Crippen molar-refractivity contribution in [3.63, 3.8) is 0 Å². The Labute approximate surface area is 164 Å². The molecule has 0 atom stereocenters. The van der Waals surface area contributed by atoms with Gasteiger partial charge in [0.05, 0.1) is 19.7 Å². The maximum atomic E-state index is 5.49. The van der Waals surface area contributed by atoms with Gasteiger partial charge in [0, 0.05) is 23.1 Å². The number of hydrogen-bond donors (Lipinski definition) is 1. The Morgan fingerprint density at radius 3 is 2.39 bits per heavy atom. The first kappa shape index (κ1) is 17.8. The van der Waals surface area contributed by atoms with Gasteiger partial charge in [0.15, 0.2) is 5.82 Å². The standard InChI is InChI=1S/C23H21N3O2/c1-27-18-12-13-21(28-2)17(14-18)15-24-23-19-10-6-7-11-20(19)25-22(26-23)16-8-4-3-5-9-16/h3-14H,15H2,1-2H3,(H,24,25,26). The van der Waals surface area contributed by atoms with Crippen molar-refractivity contribution in [1.82, 2.24) is 9.97 Å². The van der Waals surface area contributed by atoms with Crippen molar-refractivity contribution in [3.05, 3.63) is 78.4 Å². The minimum absolute atomic E-state index is 0.551. The molecule has 0 saturated heterocycles. The van der Waals surface area contributed by atoms with Crippen LogP contribution in [0, 0.1) is 0 Å². The second-order valence-electron chi connectivity index (χ2n) is 6.31. The van der Waals surface area contributed by atoms with Gasteiger partial charge in [-0.05, 0) is 30.3 Å². The summed E-state index contributed by atoms with van der Waals surface area (Å²) in [6.45, 7) is 0.551. The fourth-order valence-corrected chi connectivity index (χ4v) is 3.13. The van der Waals surface area contributed by atoms with E-state index in [1.807, 2.05) is 72.8 Å². The predicted octanol–water partition coefficient (Wildman–Crippen LogP) is 4.93. The molecule has 1 aromatic heterocycles. The molecule has 3 aromatic carbocycles. The summed E-state index contributed by atoms with van der Waals surface area (Å²) in [7, 11) is 3.32. The molecule has 140 valence electrons. The molecule has 28 heavy (non-hydrogen) atoms. The molecule has 0 bridgehead atoms. The number of rotatable bonds is 6. The Morgan fingerprint density at radius 2 is 1.61 bits per heavy atom. The smallest absolute Gasteiger partial charge is 0.162 e. The lowest BCUT2D eigenvalue weighted by atomic mass is 10.1. The number of hydrogen-bond acceptors (Lipinski definition) is 5. The van der Waals surface area contributed by atoms with Crippen LogP contribution in [0.15, 0.2) is 72.8 Å². The quantitative estimate of drug-likeness (QED) is 0.521. The van der Waals surface area contributed by atoms with Gasteiger partial charge in [-0.1, -0.05) is 42.5 Å². The van der Waals surface area contributed by atoms with Crippen molar-refractivity contribution < 1.29 is 9.47 Å². The molecular formula is C23H21N3O2. The van der Waals surface area contributed by atoms with E-state index in [0.717, 1.165) is 39.3 Å². The average Bonchev–Trinajstić information content (AvgIpc) is 2.77. The van der Waals surface area contributed by atoms with E-state index in [9.17, 15) is 0 Å². The molecule has 0 aliphatic rings. The molecule has 4 rings (SSSR count). The van der Waals surface area contributed by atoms with Crippen molar-refractivity contribution in [1.29, 1.82) is 0 Å². The van der Waals surface area contributed by atoms with Crippen LogP contribution in [-0.4, -0.2) is 24.2 Å². The van der Waals surface area contributed by atoms with Gasteiger partial charge in [-0.25, -0.2) is 9.97 Å². The van der Waals surface area contributed by atoms with Crippen molar-refractivity contribution in [2.75, 3.05) is 19.5 Å². The Bertz CT molecular complexity index is 1100. The fraction of sp³-hybridized carbons (Fsp3) is 0.130. The number of ether oxygens (including phenoxy) is 2. The monoisotopic (exact) mass is 371 g/mol.